The van der Waals surface area contributed by atoms with Crippen molar-refractivity contribution in [2.45, 2.75) is 45.6 Å². The molecule has 1 aromatic carbocycles. The first kappa shape index (κ1) is 15.3. The van der Waals surface area contributed by atoms with Gasteiger partial charge in [-0.15, -0.1) is 0 Å². The van der Waals surface area contributed by atoms with Gasteiger partial charge in [-0.25, -0.2) is 4.39 Å². The summed E-state index contributed by atoms with van der Waals surface area (Å²) in [4.78, 5) is 0. The van der Waals surface area contributed by atoms with Gasteiger partial charge in [0.2, 0.25) is 0 Å². The van der Waals surface area contributed by atoms with E-state index < -0.39 is 6.10 Å². The Morgan fingerprint density at radius 2 is 1.75 bits per heavy atom. The highest BCUT2D eigenvalue weighted by Gasteiger charge is 2.29. The Kier molecular flexibility index (Phi) is 5.03. The van der Waals surface area contributed by atoms with Crippen molar-refractivity contribution in [3.63, 3.8) is 0 Å². The summed E-state index contributed by atoms with van der Waals surface area (Å²) in [6.07, 6.45) is 3.54. The summed E-state index contributed by atoms with van der Waals surface area (Å²) in [5.41, 5.74) is 0.402. The van der Waals surface area contributed by atoms with Crippen LogP contribution in [0.5, 0.6) is 5.75 Å². The molecule has 20 heavy (non-hydrogen) atoms. The maximum absolute atomic E-state index is 14.0. The molecule has 0 saturated heterocycles. The van der Waals surface area contributed by atoms with Crippen LogP contribution >= 0.6 is 0 Å². The van der Waals surface area contributed by atoms with Gasteiger partial charge < -0.3 is 9.84 Å². The fourth-order valence-corrected chi connectivity index (χ4v) is 3.26. The van der Waals surface area contributed by atoms with Gasteiger partial charge in [-0.1, -0.05) is 13.8 Å². The van der Waals surface area contributed by atoms with Crippen molar-refractivity contribution >= 4 is 0 Å². The molecule has 2 rings (SSSR count). The second-order valence-corrected chi connectivity index (χ2v) is 6.25. The van der Waals surface area contributed by atoms with E-state index in [1.54, 1.807) is 12.1 Å². The summed E-state index contributed by atoms with van der Waals surface area (Å²) < 4.78 is 19.0. The van der Waals surface area contributed by atoms with Crippen molar-refractivity contribution in [3.8, 4) is 5.75 Å². The highest BCUT2D eigenvalue weighted by molar-refractivity contribution is 5.30. The molecule has 0 aliphatic heterocycles. The Morgan fingerprint density at radius 1 is 1.15 bits per heavy atom. The first-order valence-corrected chi connectivity index (χ1v) is 7.54. The van der Waals surface area contributed by atoms with Crippen molar-refractivity contribution in [3.05, 3.63) is 29.6 Å². The van der Waals surface area contributed by atoms with E-state index in [1.165, 1.54) is 13.2 Å². The van der Waals surface area contributed by atoms with Crippen molar-refractivity contribution < 1.29 is 14.2 Å². The van der Waals surface area contributed by atoms with Crippen molar-refractivity contribution in [1.29, 1.82) is 0 Å². The van der Waals surface area contributed by atoms with Crippen molar-refractivity contribution in [2.24, 2.45) is 17.8 Å². The predicted molar refractivity (Wildman–Crippen MR) is 78.2 cm³/mol. The fraction of sp³-hybridized carbons (Fsp3) is 0.647. The molecule has 2 nitrogen and oxygen atoms in total. The lowest BCUT2D eigenvalue weighted by Gasteiger charge is -2.33. The van der Waals surface area contributed by atoms with Crippen LogP contribution in [0.1, 0.15) is 51.2 Å². The fourth-order valence-electron chi connectivity index (χ4n) is 3.26. The number of rotatable bonds is 4. The predicted octanol–water partition coefficient (Wildman–Crippen LogP) is 4.33. The number of benzene rings is 1. The molecular formula is C17H25FO2. The van der Waals surface area contributed by atoms with Crippen molar-refractivity contribution in [1.82, 2.24) is 0 Å². The third-order valence-electron chi connectivity index (χ3n) is 4.73. The van der Waals surface area contributed by atoms with Gasteiger partial charge in [0.05, 0.1) is 13.2 Å². The van der Waals surface area contributed by atoms with Gasteiger partial charge >= 0.3 is 0 Å². The Labute approximate surface area is 121 Å². The van der Waals surface area contributed by atoms with Gasteiger partial charge in [0.25, 0.3) is 0 Å². The maximum Gasteiger partial charge on any atom is 0.132 e. The van der Waals surface area contributed by atoms with Crippen LogP contribution in [0.15, 0.2) is 18.2 Å². The van der Waals surface area contributed by atoms with Crippen LogP contribution in [0.25, 0.3) is 0 Å². The molecule has 1 aliphatic rings. The number of halogens is 1. The van der Waals surface area contributed by atoms with Gasteiger partial charge in [0.1, 0.15) is 11.6 Å². The quantitative estimate of drug-likeness (QED) is 0.889. The summed E-state index contributed by atoms with van der Waals surface area (Å²) in [5.74, 6) is 1.74. The number of ether oxygens (including phenoxy) is 1. The topological polar surface area (TPSA) is 29.5 Å². The molecule has 0 amide bonds. The van der Waals surface area contributed by atoms with E-state index in [9.17, 15) is 9.50 Å². The van der Waals surface area contributed by atoms with Crippen molar-refractivity contribution in [2.75, 3.05) is 7.11 Å². The van der Waals surface area contributed by atoms with Crippen LogP contribution in [-0.4, -0.2) is 12.2 Å². The van der Waals surface area contributed by atoms with E-state index in [2.05, 4.69) is 13.8 Å². The van der Waals surface area contributed by atoms with Gasteiger partial charge in [-0.05, 0) is 55.6 Å². The standard InChI is InChI=1S/C17H25FO2/c1-11(2)12-4-6-13(7-5-12)17(19)15-9-8-14(20-3)10-16(15)18/h8-13,17,19H,4-7H2,1-3H3. The molecule has 1 atom stereocenters. The first-order valence-electron chi connectivity index (χ1n) is 7.54. The van der Waals surface area contributed by atoms with Gasteiger partial charge in [0.15, 0.2) is 0 Å². The van der Waals surface area contributed by atoms with Crippen LogP contribution < -0.4 is 4.74 Å². The van der Waals surface area contributed by atoms with E-state index in [0.717, 1.165) is 31.6 Å². The van der Waals surface area contributed by atoms with E-state index in [4.69, 9.17) is 4.74 Å². The minimum Gasteiger partial charge on any atom is -0.497 e. The lowest BCUT2D eigenvalue weighted by atomic mass is 9.74. The molecule has 0 aromatic heterocycles. The lowest BCUT2D eigenvalue weighted by molar-refractivity contribution is 0.0641. The van der Waals surface area contributed by atoms with Crippen LogP contribution in [0.2, 0.25) is 0 Å². The highest BCUT2D eigenvalue weighted by Crippen LogP contribution is 2.40. The van der Waals surface area contributed by atoms with Gasteiger partial charge in [-0.3, -0.25) is 0 Å². The molecule has 0 radical (unpaired) electrons. The van der Waals surface area contributed by atoms with Crippen LogP contribution in [0, 0.1) is 23.6 Å². The third kappa shape index (κ3) is 3.32. The molecule has 0 heterocycles. The largest absolute Gasteiger partial charge is 0.497 e. The molecular weight excluding hydrogens is 255 g/mol. The van der Waals surface area contributed by atoms with Crippen LogP contribution in [0.3, 0.4) is 0 Å². The summed E-state index contributed by atoms with van der Waals surface area (Å²) in [6.45, 7) is 4.51. The van der Waals surface area contributed by atoms with Gasteiger partial charge in [-0.2, -0.15) is 0 Å². The molecule has 1 aromatic rings. The average Bonchev–Trinajstić information content (AvgIpc) is 2.46. The lowest BCUT2D eigenvalue weighted by Crippen LogP contribution is -2.23. The molecule has 1 N–H and O–H groups in total. The Balaban J connectivity index is 2.03. The summed E-state index contributed by atoms with van der Waals surface area (Å²) in [7, 11) is 1.51. The summed E-state index contributed by atoms with van der Waals surface area (Å²) >= 11 is 0. The summed E-state index contributed by atoms with van der Waals surface area (Å²) in [5, 5.41) is 10.4. The molecule has 1 unspecified atom stereocenters. The molecule has 3 heteroatoms. The van der Waals surface area contributed by atoms with E-state index in [-0.39, 0.29) is 11.7 Å². The second-order valence-electron chi connectivity index (χ2n) is 6.25. The third-order valence-corrected chi connectivity index (χ3v) is 4.73. The first-order chi connectivity index (χ1) is 9.52. The smallest absolute Gasteiger partial charge is 0.132 e. The normalized spacial score (nSPS) is 24.7. The zero-order chi connectivity index (χ0) is 14.7. The molecule has 1 aliphatic carbocycles. The second kappa shape index (κ2) is 6.57. The van der Waals surface area contributed by atoms with E-state index >= 15 is 0 Å². The van der Waals surface area contributed by atoms with E-state index in [0.29, 0.717) is 17.2 Å². The zero-order valence-electron chi connectivity index (χ0n) is 12.6. The van der Waals surface area contributed by atoms with Gasteiger partial charge in [0, 0.05) is 11.6 Å². The molecule has 0 spiro atoms. The van der Waals surface area contributed by atoms with E-state index in [1.807, 2.05) is 0 Å². The molecule has 0 bridgehead atoms. The number of hydrogen-bond donors (Lipinski definition) is 1. The zero-order valence-corrected chi connectivity index (χ0v) is 12.6. The number of methoxy groups -OCH3 is 1. The summed E-state index contributed by atoms with van der Waals surface area (Å²) in [6, 6.07) is 4.70. The Bertz CT molecular complexity index is 437. The molecule has 1 saturated carbocycles. The van der Waals surface area contributed by atoms with Crippen LogP contribution in [0.4, 0.5) is 4.39 Å². The minimum absolute atomic E-state index is 0.174. The Hall–Kier alpha value is -1.09. The highest BCUT2D eigenvalue weighted by atomic mass is 19.1. The number of aliphatic hydroxyl groups excluding tert-OH is 1. The van der Waals surface area contributed by atoms with Crippen LogP contribution in [-0.2, 0) is 0 Å². The number of hydrogen-bond acceptors (Lipinski definition) is 2. The molecule has 1 fully saturated rings. The average molecular weight is 280 g/mol. The maximum atomic E-state index is 14.0. The minimum atomic E-state index is -0.700. The Morgan fingerprint density at radius 3 is 2.25 bits per heavy atom. The SMILES string of the molecule is COc1ccc(C(O)C2CCC(C(C)C)CC2)c(F)c1. The monoisotopic (exact) mass is 280 g/mol. The molecule has 112 valence electrons. The number of aliphatic hydroxyl groups is 1.